The van der Waals surface area contributed by atoms with Crippen molar-refractivity contribution in [3.8, 4) is 0 Å². The molecule has 1 saturated carbocycles. The highest BCUT2D eigenvalue weighted by Crippen LogP contribution is 2.32. The van der Waals surface area contributed by atoms with Gasteiger partial charge in [-0.05, 0) is 43.0 Å². The third kappa shape index (κ3) is 3.05. The molecule has 1 aliphatic rings. The second-order valence-electron chi connectivity index (χ2n) is 4.91. The van der Waals surface area contributed by atoms with Crippen LogP contribution in [-0.4, -0.2) is 29.0 Å². The quantitative estimate of drug-likeness (QED) is 0.817. The molecule has 17 heavy (non-hydrogen) atoms. The largest absolute Gasteiger partial charge is 0.329 e. The molecule has 0 radical (unpaired) electrons. The summed E-state index contributed by atoms with van der Waals surface area (Å²) in [5.41, 5.74) is 7.29. The number of hydrogen-bond donors (Lipinski definition) is 1. The third-order valence-electron chi connectivity index (χ3n) is 3.95. The van der Waals surface area contributed by atoms with Gasteiger partial charge in [-0.1, -0.05) is 13.3 Å². The molecule has 1 aromatic heterocycles. The summed E-state index contributed by atoms with van der Waals surface area (Å²) in [7, 11) is 0. The Morgan fingerprint density at radius 3 is 2.59 bits per heavy atom. The summed E-state index contributed by atoms with van der Waals surface area (Å²) in [6.45, 7) is 5.07. The highest BCUT2D eigenvalue weighted by Gasteiger charge is 2.29. The summed E-state index contributed by atoms with van der Waals surface area (Å²) in [4.78, 5) is 6.58. The van der Waals surface area contributed by atoms with Crippen molar-refractivity contribution in [2.45, 2.75) is 38.8 Å². The van der Waals surface area contributed by atoms with E-state index in [1.807, 2.05) is 12.4 Å². The van der Waals surface area contributed by atoms with Gasteiger partial charge < -0.3 is 5.73 Å². The van der Waals surface area contributed by atoms with Gasteiger partial charge in [0.2, 0.25) is 0 Å². The first-order valence-corrected chi connectivity index (χ1v) is 6.68. The van der Waals surface area contributed by atoms with Gasteiger partial charge in [0.15, 0.2) is 0 Å². The number of pyridine rings is 1. The van der Waals surface area contributed by atoms with Crippen molar-refractivity contribution < 1.29 is 0 Å². The normalized spacial score (nSPS) is 18.1. The Morgan fingerprint density at radius 1 is 1.41 bits per heavy atom. The maximum Gasteiger partial charge on any atom is 0.0271 e. The molecule has 1 aliphatic carbocycles. The first kappa shape index (κ1) is 12.5. The summed E-state index contributed by atoms with van der Waals surface area (Å²) in [5, 5.41) is 0. The van der Waals surface area contributed by atoms with Gasteiger partial charge in [-0.25, -0.2) is 0 Å². The van der Waals surface area contributed by atoms with Crippen LogP contribution in [0.15, 0.2) is 24.5 Å². The van der Waals surface area contributed by atoms with Gasteiger partial charge in [0, 0.05) is 31.5 Å². The van der Waals surface area contributed by atoms with Crippen molar-refractivity contribution >= 4 is 0 Å². The Balaban J connectivity index is 1.99. The van der Waals surface area contributed by atoms with Gasteiger partial charge >= 0.3 is 0 Å². The van der Waals surface area contributed by atoms with E-state index in [9.17, 15) is 0 Å². The van der Waals surface area contributed by atoms with Crippen LogP contribution in [0.2, 0.25) is 0 Å². The van der Waals surface area contributed by atoms with Crippen LogP contribution in [0.3, 0.4) is 0 Å². The van der Waals surface area contributed by atoms with Crippen LogP contribution in [0.5, 0.6) is 0 Å². The first-order valence-electron chi connectivity index (χ1n) is 6.68. The maximum atomic E-state index is 5.96. The van der Waals surface area contributed by atoms with Crippen LogP contribution in [0.1, 0.15) is 31.7 Å². The fraction of sp³-hybridized carbons (Fsp3) is 0.643. The van der Waals surface area contributed by atoms with Crippen molar-refractivity contribution in [1.82, 2.24) is 9.88 Å². The second kappa shape index (κ2) is 6.12. The van der Waals surface area contributed by atoms with Crippen molar-refractivity contribution in [3.05, 3.63) is 30.1 Å². The molecule has 94 valence electrons. The van der Waals surface area contributed by atoms with Crippen LogP contribution < -0.4 is 5.73 Å². The van der Waals surface area contributed by atoms with Crippen LogP contribution in [0.4, 0.5) is 0 Å². The third-order valence-corrected chi connectivity index (χ3v) is 3.95. The number of likely N-dealkylation sites (N-methyl/N-ethyl adjacent to an activating group) is 1. The van der Waals surface area contributed by atoms with Gasteiger partial charge in [-0.2, -0.15) is 0 Å². The molecular weight excluding hydrogens is 210 g/mol. The van der Waals surface area contributed by atoms with Gasteiger partial charge in [-0.3, -0.25) is 9.88 Å². The Labute approximate surface area is 104 Å². The molecule has 0 bridgehead atoms. The van der Waals surface area contributed by atoms with E-state index in [2.05, 4.69) is 28.9 Å². The molecule has 0 saturated heterocycles. The maximum absolute atomic E-state index is 5.96. The minimum absolute atomic E-state index is 0.557. The number of aromatic nitrogens is 1. The van der Waals surface area contributed by atoms with E-state index in [4.69, 9.17) is 5.73 Å². The topological polar surface area (TPSA) is 42.2 Å². The van der Waals surface area contributed by atoms with Gasteiger partial charge in [0.1, 0.15) is 0 Å². The lowest BCUT2D eigenvalue weighted by molar-refractivity contribution is 0.0990. The molecule has 0 amide bonds. The molecule has 2 N–H and O–H groups in total. The molecule has 0 aliphatic heterocycles. The fourth-order valence-electron chi connectivity index (χ4n) is 2.65. The Bertz CT molecular complexity index is 321. The fourth-order valence-corrected chi connectivity index (χ4v) is 2.65. The van der Waals surface area contributed by atoms with E-state index in [1.165, 1.54) is 24.8 Å². The van der Waals surface area contributed by atoms with Crippen molar-refractivity contribution in [2.75, 3.05) is 13.1 Å². The number of rotatable bonds is 6. The van der Waals surface area contributed by atoms with E-state index in [0.717, 1.165) is 25.6 Å². The summed E-state index contributed by atoms with van der Waals surface area (Å²) in [6, 6.07) is 4.75. The average molecular weight is 233 g/mol. The van der Waals surface area contributed by atoms with Crippen molar-refractivity contribution in [3.63, 3.8) is 0 Å². The van der Waals surface area contributed by atoms with Gasteiger partial charge in [-0.15, -0.1) is 0 Å². The lowest BCUT2D eigenvalue weighted by Gasteiger charge is -2.40. The minimum Gasteiger partial charge on any atom is -0.329 e. The molecule has 1 fully saturated rings. The molecule has 1 aromatic rings. The van der Waals surface area contributed by atoms with Crippen LogP contribution >= 0.6 is 0 Å². The summed E-state index contributed by atoms with van der Waals surface area (Å²) >= 11 is 0. The number of hydrogen-bond acceptors (Lipinski definition) is 3. The predicted octanol–water partition coefficient (Wildman–Crippen LogP) is 2.03. The summed E-state index contributed by atoms with van der Waals surface area (Å²) in [6.07, 6.45) is 7.82. The standard InChI is InChI=1S/C14H23N3/c1-2-17(11-12-6-8-16-9-7-12)14(10-15)13-4-3-5-13/h6-9,13-14H,2-5,10-11,15H2,1H3. The van der Waals surface area contributed by atoms with E-state index in [0.29, 0.717) is 6.04 Å². The van der Waals surface area contributed by atoms with E-state index >= 15 is 0 Å². The highest BCUT2D eigenvalue weighted by molar-refractivity contribution is 5.09. The average Bonchev–Trinajstić information content (AvgIpc) is 2.32. The lowest BCUT2D eigenvalue weighted by atomic mass is 9.79. The molecule has 3 nitrogen and oxygen atoms in total. The van der Waals surface area contributed by atoms with Gasteiger partial charge in [0.25, 0.3) is 0 Å². The first-order chi connectivity index (χ1) is 8.35. The highest BCUT2D eigenvalue weighted by atomic mass is 15.2. The molecule has 1 atom stereocenters. The molecule has 2 rings (SSSR count). The van der Waals surface area contributed by atoms with E-state index < -0.39 is 0 Å². The molecule has 1 heterocycles. The predicted molar refractivity (Wildman–Crippen MR) is 70.5 cm³/mol. The zero-order valence-corrected chi connectivity index (χ0v) is 10.7. The minimum atomic E-state index is 0.557. The van der Waals surface area contributed by atoms with Crippen LogP contribution in [0.25, 0.3) is 0 Å². The van der Waals surface area contributed by atoms with Gasteiger partial charge in [0.05, 0.1) is 0 Å². The zero-order chi connectivity index (χ0) is 12.1. The molecule has 1 unspecified atom stereocenters. The molecule has 3 heteroatoms. The Kier molecular flexibility index (Phi) is 4.51. The monoisotopic (exact) mass is 233 g/mol. The number of nitrogens with two attached hydrogens (primary N) is 1. The summed E-state index contributed by atoms with van der Waals surface area (Å²) in [5.74, 6) is 0.821. The summed E-state index contributed by atoms with van der Waals surface area (Å²) < 4.78 is 0. The van der Waals surface area contributed by atoms with Crippen molar-refractivity contribution in [1.29, 1.82) is 0 Å². The van der Waals surface area contributed by atoms with Crippen LogP contribution in [0, 0.1) is 5.92 Å². The SMILES string of the molecule is CCN(Cc1ccncc1)C(CN)C1CCC1. The molecule has 0 spiro atoms. The van der Waals surface area contributed by atoms with Crippen molar-refractivity contribution in [2.24, 2.45) is 11.7 Å². The second-order valence-corrected chi connectivity index (χ2v) is 4.91. The lowest BCUT2D eigenvalue weighted by Crippen LogP contribution is -2.47. The van der Waals surface area contributed by atoms with E-state index in [1.54, 1.807) is 0 Å². The van der Waals surface area contributed by atoms with E-state index in [-0.39, 0.29) is 0 Å². The smallest absolute Gasteiger partial charge is 0.0271 e. The molecule has 0 aromatic carbocycles. The molecular formula is C14H23N3. The Morgan fingerprint density at radius 2 is 2.12 bits per heavy atom. The Hall–Kier alpha value is -0.930. The zero-order valence-electron chi connectivity index (χ0n) is 10.7. The van der Waals surface area contributed by atoms with Crippen LogP contribution in [-0.2, 0) is 6.54 Å². The number of nitrogens with zero attached hydrogens (tertiary/aromatic N) is 2.